The molecule has 4 aromatic heterocycles. The number of benzene rings is 6. The van der Waals surface area contributed by atoms with Gasteiger partial charge in [-0.2, -0.15) is 0 Å². The number of pyridine rings is 1. The quantitative estimate of drug-likeness (QED) is 0.181. The molecule has 4 nitrogen and oxygen atoms in total. The van der Waals surface area contributed by atoms with E-state index >= 15 is 0 Å². The predicted octanol–water partition coefficient (Wildman–Crippen LogP) is 11.9. The Labute approximate surface area is 273 Å². The van der Waals surface area contributed by atoms with E-state index in [1.54, 1.807) is 0 Å². The first-order chi connectivity index (χ1) is 23.3. The second-order valence-corrected chi connectivity index (χ2v) is 13.0. The summed E-state index contributed by atoms with van der Waals surface area (Å²) in [6.07, 6.45) is 3.87. The van der Waals surface area contributed by atoms with Crippen molar-refractivity contribution in [3.8, 4) is 22.5 Å². The van der Waals surface area contributed by atoms with Crippen molar-refractivity contribution < 1.29 is 0 Å². The monoisotopic (exact) mass is 616 g/mol. The number of thiophene rings is 1. The molecule has 5 heteroatoms. The van der Waals surface area contributed by atoms with E-state index in [0.29, 0.717) is 5.69 Å². The number of nitrogens with zero attached hydrogens (tertiary/aromatic N) is 4. The molecule has 0 radical (unpaired) electrons. The van der Waals surface area contributed by atoms with Crippen LogP contribution in [0.2, 0.25) is 0 Å². The molecule has 47 heavy (non-hydrogen) atoms. The van der Waals surface area contributed by atoms with Gasteiger partial charge in [-0.1, -0.05) is 66.7 Å². The molecule has 0 aliphatic carbocycles. The highest BCUT2D eigenvalue weighted by atomic mass is 32.1. The summed E-state index contributed by atoms with van der Waals surface area (Å²) in [5.41, 5.74) is 9.17. The zero-order chi connectivity index (χ0) is 31.1. The second-order valence-electron chi connectivity index (χ2n) is 11.9. The molecule has 0 spiro atoms. The summed E-state index contributed by atoms with van der Waals surface area (Å²) in [6, 6.07) is 47.2. The Balaban J connectivity index is 1.21. The lowest BCUT2D eigenvalue weighted by Gasteiger charge is -2.13. The van der Waals surface area contributed by atoms with Crippen molar-refractivity contribution in [3.05, 3.63) is 157 Å². The molecule has 0 bridgehead atoms. The maximum Gasteiger partial charge on any atom is 0.189 e. The van der Waals surface area contributed by atoms with Crippen molar-refractivity contribution in [2.75, 3.05) is 0 Å². The maximum absolute atomic E-state index is 8.00. The smallest absolute Gasteiger partial charge is 0.189 e. The van der Waals surface area contributed by atoms with E-state index in [-0.39, 0.29) is 0 Å². The fraction of sp³-hybridized carbons (Fsp3) is 0. The largest absolute Gasteiger partial charge is 0.310 e. The van der Waals surface area contributed by atoms with E-state index in [1.165, 1.54) is 41.7 Å². The summed E-state index contributed by atoms with van der Waals surface area (Å²) in [7, 11) is 0. The van der Waals surface area contributed by atoms with Crippen molar-refractivity contribution in [3.63, 3.8) is 0 Å². The third-order valence-electron chi connectivity index (χ3n) is 9.38. The summed E-state index contributed by atoms with van der Waals surface area (Å²) in [5.74, 6) is 0. The van der Waals surface area contributed by atoms with E-state index < -0.39 is 0 Å². The summed E-state index contributed by atoms with van der Waals surface area (Å²) in [6.45, 7) is 8.00. The Morgan fingerprint density at radius 3 is 2.04 bits per heavy atom. The van der Waals surface area contributed by atoms with Gasteiger partial charge >= 0.3 is 0 Å². The lowest BCUT2D eigenvalue weighted by molar-refractivity contribution is 1.16. The molecular weight excluding hydrogens is 593 g/mol. The van der Waals surface area contributed by atoms with Crippen LogP contribution in [0.3, 0.4) is 0 Å². The molecule has 218 valence electrons. The highest BCUT2D eigenvalue weighted by molar-refractivity contribution is 7.26. The number of fused-ring (bicyclic) bond motifs is 10. The van der Waals surface area contributed by atoms with E-state index in [9.17, 15) is 0 Å². The topological polar surface area (TPSA) is 27.1 Å². The Morgan fingerprint density at radius 2 is 1.23 bits per heavy atom. The number of para-hydroxylation sites is 2. The summed E-state index contributed by atoms with van der Waals surface area (Å²) < 4.78 is 7.20. The Kier molecular flexibility index (Phi) is 5.48. The van der Waals surface area contributed by atoms with E-state index in [2.05, 4.69) is 140 Å². The summed E-state index contributed by atoms with van der Waals surface area (Å²) in [5, 5.41) is 7.44. The van der Waals surface area contributed by atoms with E-state index in [1.807, 2.05) is 35.9 Å². The molecular formula is C42H24N4S. The van der Waals surface area contributed by atoms with E-state index in [0.717, 1.165) is 44.6 Å². The minimum atomic E-state index is 0.609. The van der Waals surface area contributed by atoms with Crippen molar-refractivity contribution >= 4 is 80.8 Å². The van der Waals surface area contributed by atoms with Crippen LogP contribution in [-0.4, -0.2) is 14.1 Å². The Morgan fingerprint density at radius 1 is 0.511 bits per heavy atom. The maximum atomic E-state index is 8.00. The molecule has 4 heterocycles. The van der Waals surface area contributed by atoms with Gasteiger partial charge in [0.2, 0.25) is 0 Å². The third kappa shape index (κ3) is 3.77. The Hall–Kier alpha value is -6.22. The Bertz CT molecular complexity index is 2880. The van der Waals surface area contributed by atoms with Crippen molar-refractivity contribution in [2.45, 2.75) is 0 Å². The molecule has 0 saturated heterocycles. The van der Waals surface area contributed by atoms with Gasteiger partial charge in [-0.25, -0.2) is 4.85 Å². The number of aromatic nitrogens is 3. The summed E-state index contributed by atoms with van der Waals surface area (Å²) >= 11 is 1.84. The fourth-order valence-electron chi connectivity index (χ4n) is 7.43. The van der Waals surface area contributed by atoms with Crippen LogP contribution in [0.15, 0.2) is 146 Å². The van der Waals surface area contributed by atoms with Gasteiger partial charge in [0.05, 0.1) is 34.8 Å². The first-order valence-electron chi connectivity index (χ1n) is 15.6. The van der Waals surface area contributed by atoms with Crippen LogP contribution >= 0.6 is 11.3 Å². The molecule has 0 atom stereocenters. The molecule has 0 N–H and O–H groups in total. The lowest BCUT2D eigenvalue weighted by Crippen LogP contribution is -1.96. The average Bonchev–Trinajstić information content (AvgIpc) is 3.79. The molecule has 10 rings (SSSR count). The minimum Gasteiger partial charge on any atom is -0.310 e. The molecule has 0 aliphatic heterocycles. The number of hydrogen-bond acceptors (Lipinski definition) is 2. The van der Waals surface area contributed by atoms with Crippen molar-refractivity contribution in [1.29, 1.82) is 0 Å². The van der Waals surface area contributed by atoms with E-state index in [4.69, 9.17) is 6.57 Å². The predicted molar refractivity (Wildman–Crippen MR) is 198 cm³/mol. The molecule has 6 aromatic carbocycles. The van der Waals surface area contributed by atoms with Gasteiger partial charge in [-0.3, -0.25) is 4.98 Å². The van der Waals surface area contributed by atoms with Crippen LogP contribution in [-0.2, 0) is 0 Å². The zero-order valence-corrected chi connectivity index (χ0v) is 25.9. The van der Waals surface area contributed by atoms with Gasteiger partial charge in [0.15, 0.2) is 5.69 Å². The van der Waals surface area contributed by atoms with Crippen LogP contribution in [0.25, 0.3) is 91.1 Å². The minimum absolute atomic E-state index is 0.609. The zero-order valence-electron chi connectivity index (χ0n) is 25.1. The van der Waals surface area contributed by atoms with Gasteiger partial charge < -0.3 is 9.13 Å². The average molecular weight is 617 g/mol. The van der Waals surface area contributed by atoms with Gasteiger partial charge in [0, 0.05) is 59.3 Å². The SMILES string of the molecule is [C-]#[N+]c1cc(-c2cccc(-n3c4cnccc4c4c5c(ccc43)sc3ccccc35)c2)cc(-n2c3ccccc3c3ccccc32)c1. The molecule has 0 fully saturated rings. The third-order valence-corrected chi connectivity index (χ3v) is 10.5. The highest BCUT2D eigenvalue weighted by Crippen LogP contribution is 2.43. The van der Waals surface area contributed by atoms with Crippen LogP contribution in [0.4, 0.5) is 5.69 Å². The first kappa shape index (κ1) is 26.0. The van der Waals surface area contributed by atoms with Gasteiger partial charge in [0.25, 0.3) is 0 Å². The standard InChI is InChI=1S/C42H24N4S/c1-43-28-21-27(23-30(24-28)46-35-14-5-2-11-31(35)32-12-3-6-15-36(32)46)26-9-8-10-29(22-26)45-37-17-18-40-42(34-13-4-7-16-39(34)47-40)41(37)33-19-20-44-25-38(33)45/h2-25H. The normalized spacial score (nSPS) is 11.8. The van der Waals surface area contributed by atoms with Crippen molar-refractivity contribution in [2.24, 2.45) is 0 Å². The molecule has 0 unspecified atom stereocenters. The molecule has 0 amide bonds. The van der Waals surface area contributed by atoms with Crippen LogP contribution in [0.1, 0.15) is 0 Å². The van der Waals surface area contributed by atoms with Gasteiger partial charge in [0.1, 0.15) is 0 Å². The van der Waals surface area contributed by atoms with Crippen LogP contribution in [0, 0.1) is 6.57 Å². The van der Waals surface area contributed by atoms with Crippen LogP contribution in [0.5, 0.6) is 0 Å². The number of rotatable bonds is 3. The summed E-state index contributed by atoms with van der Waals surface area (Å²) in [4.78, 5) is 8.48. The van der Waals surface area contributed by atoms with Gasteiger partial charge in [-0.15, -0.1) is 11.3 Å². The van der Waals surface area contributed by atoms with Crippen LogP contribution < -0.4 is 0 Å². The van der Waals surface area contributed by atoms with Gasteiger partial charge in [-0.05, 0) is 77.9 Å². The highest BCUT2D eigenvalue weighted by Gasteiger charge is 2.19. The lowest BCUT2D eigenvalue weighted by atomic mass is 10.0. The van der Waals surface area contributed by atoms with Crippen molar-refractivity contribution in [1.82, 2.24) is 14.1 Å². The first-order valence-corrected chi connectivity index (χ1v) is 16.4. The molecule has 0 aliphatic rings. The molecule has 0 saturated carbocycles. The molecule has 10 aromatic rings. The number of hydrogen-bond donors (Lipinski definition) is 0. The fourth-order valence-corrected chi connectivity index (χ4v) is 8.54. The second kappa shape index (κ2) is 9.89.